The van der Waals surface area contributed by atoms with E-state index < -0.39 is 17.7 Å². The molecule has 0 spiro atoms. The fourth-order valence-corrected chi connectivity index (χ4v) is 1.61. The van der Waals surface area contributed by atoms with E-state index in [2.05, 4.69) is 12.2 Å². The molecule has 2 N–H and O–H groups in total. The molecule has 5 heteroatoms. The zero-order valence-corrected chi connectivity index (χ0v) is 11.2. The first-order valence-electron chi connectivity index (χ1n) is 6.56. The molecule has 1 unspecified atom stereocenters. The van der Waals surface area contributed by atoms with E-state index in [4.69, 9.17) is 4.74 Å². The lowest BCUT2D eigenvalue weighted by atomic mass is 10.1. The summed E-state index contributed by atoms with van der Waals surface area (Å²) >= 11 is 0. The van der Waals surface area contributed by atoms with Crippen LogP contribution in [-0.2, 0) is 4.74 Å². The maximum Gasteiger partial charge on any atom is 0.131 e. The lowest BCUT2D eigenvalue weighted by Gasteiger charge is -2.13. The third-order valence-electron chi connectivity index (χ3n) is 2.72. The van der Waals surface area contributed by atoms with Crippen LogP contribution in [0, 0.1) is 11.6 Å². The third-order valence-corrected chi connectivity index (χ3v) is 2.72. The second kappa shape index (κ2) is 8.96. The maximum atomic E-state index is 13.4. The summed E-state index contributed by atoms with van der Waals surface area (Å²) in [4.78, 5) is 0. The van der Waals surface area contributed by atoms with Crippen LogP contribution >= 0.6 is 0 Å². The predicted molar refractivity (Wildman–Crippen MR) is 69.9 cm³/mol. The lowest BCUT2D eigenvalue weighted by molar-refractivity contribution is 0.125. The van der Waals surface area contributed by atoms with Crippen molar-refractivity contribution in [1.82, 2.24) is 5.32 Å². The zero-order chi connectivity index (χ0) is 14.1. The molecule has 0 saturated heterocycles. The van der Waals surface area contributed by atoms with Gasteiger partial charge in [-0.2, -0.15) is 0 Å². The molecule has 0 bridgehead atoms. The highest BCUT2D eigenvalue weighted by molar-refractivity contribution is 5.21. The fraction of sp³-hybridized carbons (Fsp3) is 0.571. The molecule has 1 rings (SSSR count). The van der Waals surface area contributed by atoms with Crippen molar-refractivity contribution >= 4 is 0 Å². The molecule has 0 aliphatic heterocycles. The molecule has 3 nitrogen and oxygen atoms in total. The summed E-state index contributed by atoms with van der Waals surface area (Å²) in [6.07, 6.45) is 1.13. The van der Waals surface area contributed by atoms with Crippen LogP contribution in [0.3, 0.4) is 0 Å². The van der Waals surface area contributed by atoms with Crippen molar-refractivity contribution in [2.75, 3.05) is 26.3 Å². The van der Waals surface area contributed by atoms with Crippen LogP contribution in [0.5, 0.6) is 0 Å². The van der Waals surface area contributed by atoms with Crippen molar-refractivity contribution in [2.24, 2.45) is 0 Å². The largest absolute Gasteiger partial charge is 0.387 e. The summed E-state index contributed by atoms with van der Waals surface area (Å²) in [5.41, 5.74) is 0.0980. The normalized spacial score (nSPS) is 12.6. The molecular formula is C14H21F2NO2. The SMILES string of the molecule is CCCCOCCNCC(O)c1ccc(F)cc1F. The molecule has 0 heterocycles. The lowest BCUT2D eigenvalue weighted by Crippen LogP contribution is -2.26. The van der Waals surface area contributed by atoms with Crippen LogP contribution < -0.4 is 5.32 Å². The Hall–Kier alpha value is -1.04. The number of hydrogen-bond acceptors (Lipinski definition) is 3. The van der Waals surface area contributed by atoms with Crippen molar-refractivity contribution in [2.45, 2.75) is 25.9 Å². The summed E-state index contributed by atoms with van der Waals surface area (Å²) in [6.45, 7) is 4.17. The Morgan fingerprint density at radius 1 is 1.32 bits per heavy atom. The molecule has 1 atom stereocenters. The van der Waals surface area contributed by atoms with E-state index in [0.717, 1.165) is 31.6 Å². The highest BCUT2D eigenvalue weighted by Crippen LogP contribution is 2.17. The third kappa shape index (κ3) is 6.09. The first-order chi connectivity index (χ1) is 9.15. The van der Waals surface area contributed by atoms with Crippen molar-refractivity contribution in [1.29, 1.82) is 0 Å². The molecule has 108 valence electrons. The van der Waals surface area contributed by atoms with Gasteiger partial charge in [0.05, 0.1) is 12.7 Å². The van der Waals surface area contributed by atoms with Gasteiger partial charge < -0.3 is 15.2 Å². The van der Waals surface area contributed by atoms with Crippen molar-refractivity contribution in [3.63, 3.8) is 0 Å². The average Bonchev–Trinajstić information content (AvgIpc) is 2.37. The summed E-state index contributed by atoms with van der Waals surface area (Å²) in [6, 6.07) is 3.16. The monoisotopic (exact) mass is 273 g/mol. The van der Waals surface area contributed by atoms with E-state index in [9.17, 15) is 13.9 Å². The molecule has 19 heavy (non-hydrogen) atoms. The number of halogens is 2. The van der Waals surface area contributed by atoms with Crippen LogP contribution in [0.1, 0.15) is 31.4 Å². The van der Waals surface area contributed by atoms with Gasteiger partial charge in [-0.3, -0.25) is 0 Å². The zero-order valence-electron chi connectivity index (χ0n) is 11.2. The Morgan fingerprint density at radius 2 is 2.11 bits per heavy atom. The number of ether oxygens (including phenoxy) is 1. The van der Waals surface area contributed by atoms with Gasteiger partial charge in [-0.05, 0) is 12.5 Å². The Kier molecular flexibility index (Phi) is 7.55. The highest BCUT2D eigenvalue weighted by atomic mass is 19.1. The first-order valence-corrected chi connectivity index (χ1v) is 6.56. The van der Waals surface area contributed by atoms with Crippen molar-refractivity contribution in [3.8, 4) is 0 Å². The highest BCUT2D eigenvalue weighted by Gasteiger charge is 2.12. The molecule has 1 aromatic rings. The smallest absolute Gasteiger partial charge is 0.131 e. The van der Waals surface area contributed by atoms with E-state index in [-0.39, 0.29) is 12.1 Å². The number of aliphatic hydroxyl groups is 1. The topological polar surface area (TPSA) is 41.5 Å². The van der Waals surface area contributed by atoms with Gasteiger partial charge in [0.25, 0.3) is 0 Å². The summed E-state index contributed by atoms with van der Waals surface area (Å²) in [7, 11) is 0. The number of nitrogens with one attached hydrogen (secondary N) is 1. The van der Waals surface area contributed by atoms with Gasteiger partial charge in [-0.25, -0.2) is 8.78 Å². The van der Waals surface area contributed by atoms with Gasteiger partial charge in [0.2, 0.25) is 0 Å². The Labute approximate surface area is 112 Å². The number of rotatable bonds is 9. The predicted octanol–water partition coefficient (Wildman–Crippen LogP) is 2.40. The molecule has 0 aliphatic rings. The van der Waals surface area contributed by atoms with Crippen molar-refractivity contribution < 1.29 is 18.6 Å². The molecule has 0 aromatic heterocycles. The molecular weight excluding hydrogens is 252 g/mol. The molecule has 0 radical (unpaired) electrons. The van der Waals surface area contributed by atoms with E-state index >= 15 is 0 Å². The maximum absolute atomic E-state index is 13.4. The Balaban J connectivity index is 2.22. The fourth-order valence-electron chi connectivity index (χ4n) is 1.61. The van der Waals surface area contributed by atoms with Crippen LogP contribution in [0.2, 0.25) is 0 Å². The minimum Gasteiger partial charge on any atom is -0.387 e. The Morgan fingerprint density at radius 3 is 2.79 bits per heavy atom. The minimum atomic E-state index is -0.990. The van der Waals surface area contributed by atoms with Crippen LogP contribution in [0.15, 0.2) is 18.2 Å². The quantitative estimate of drug-likeness (QED) is 0.679. The van der Waals surface area contributed by atoms with E-state index in [0.29, 0.717) is 13.2 Å². The molecule has 0 aliphatic carbocycles. The van der Waals surface area contributed by atoms with E-state index in [1.54, 1.807) is 0 Å². The van der Waals surface area contributed by atoms with Gasteiger partial charge in [0, 0.05) is 31.3 Å². The number of hydrogen-bond donors (Lipinski definition) is 2. The van der Waals surface area contributed by atoms with Gasteiger partial charge >= 0.3 is 0 Å². The van der Waals surface area contributed by atoms with Crippen LogP contribution in [-0.4, -0.2) is 31.4 Å². The number of unbranched alkanes of at least 4 members (excludes halogenated alkanes) is 1. The van der Waals surface area contributed by atoms with Crippen molar-refractivity contribution in [3.05, 3.63) is 35.4 Å². The van der Waals surface area contributed by atoms with Gasteiger partial charge in [0.1, 0.15) is 11.6 Å². The van der Waals surface area contributed by atoms with Gasteiger partial charge in [-0.15, -0.1) is 0 Å². The molecule has 1 aromatic carbocycles. The second-order valence-electron chi connectivity index (χ2n) is 4.35. The molecule has 0 fully saturated rings. The van der Waals surface area contributed by atoms with Crippen LogP contribution in [0.4, 0.5) is 8.78 Å². The number of benzene rings is 1. The standard InChI is InChI=1S/C14H21F2NO2/c1-2-3-7-19-8-6-17-10-14(18)12-5-4-11(15)9-13(12)16/h4-5,9,14,17-18H,2-3,6-8,10H2,1H3. The summed E-state index contributed by atoms with van der Waals surface area (Å²) in [5, 5.41) is 12.7. The first kappa shape index (κ1) is 16.0. The minimum absolute atomic E-state index is 0.0980. The van der Waals surface area contributed by atoms with Gasteiger partial charge in [0.15, 0.2) is 0 Å². The average molecular weight is 273 g/mol. The summed E-state index contributed by atoms with van der Waals surface area (Å²) < 4.78 is 31.4. The second-order valence-corrected chi connectivity index (χ2v) is 4.35. The number of aliphatic hydroxyl groups excluding tert-OH is 1. The van der Waals surface area contributed by atoms with E-state index in [1.165, 1.54) is 6.07 Å². The van der Waals surface area contributed by atoms with Gasteiger partial charge in [-0.1, -0.05) is 19.4 Å². The Bertz CT molecular complexity index is 374. The summed E-state index contributed by atoms with van der Waals surface area (Å²) in [5.74, 6) is -1.38. The molecule has 0 saturated carbocycles. The van der Waals surface area contributed by atoms with Crippen LogP contribution in [0.25, 0.3) is 0 Å². The van der Waals surface area contributed by atoms with E-state index in [1.807, 2.05) is 0 Å². The molecule has 0 amide bonds.